The first-order chi connectivity index (χ1) is 7.06. The molecule has 0 heterocycles. The van der Waals surface area contributed by atoms with E-state index in [0.717, 1.165) is 4.90 Å². The smallest absolute Gasteiger partial charge is 0.174 e. The van der Waals surface area contributed by atoms with Crippen LogP contribution in [-0.4, -0.2) is 16.6 Å². The van der Waals surface area contributed by atoms with E-state index in [0.29, 0.717) is 0 Å². The highest BCUT2D eigenvalue weighted by atomic mass is 33.1. The lowest BCUT2D eigenvalue weighted by atomic mass is 10.1. The van der Waals surface area contributed by atoms with Gasteiger partial charge in [-0.05, 0) is 18.4 Å². The molecule has 0 fully saturated rings. The number of aliphatic hydroxyl groups is 1. The van der Waals surface area contributed by atoms with Crippen LogP contribution in [0.4, 0.5) is 5.69 Å². The van der Waals surface area contributed by atoms with E-state index < -0.39 is 5.23 Å². The number of benzene rings is 1. The van der Waals surface area contributed by atoms with Crippen LogP contribution in [-0.2, 0) is 0 Å². The van der Waals surface area contributed by atoms with E-state index in [4.69, 9.17) is 5.21 Å². The van der Waals surface area contributed by atoms with Gasteiger partial charge in [0.05, 0.1) is 5.56 Å². The van der Waals surface area contributed by atoms with Gasteiger partial charge in [-0.15, -0.1) is 0 Å². The third-order valence-corrected chi connectivity index (χ3v) is 3.40. The predicted molar refractivity (Wildman–Crippen MR) is 63.3 cm³/mol. The molecule has 4 nitrogen and oxygen atoms in total. The fourth-order valence-electron chi connectivity index (χ4n) is 1.10. The second-order valence-electron chi connectivity index (χ2n) is 2.71. The largest absolute Gasteiger partial charge is 0.595 e. The number of quaternary nitrogens is 1. The molecule has 3 N–H and O–H groups in total. The van der Waals surface area contributed by atoms with E-state index in [2.05, 4.69) is 6.58 Å². The molecule has 0 amide bonds. The molecule has 0 saturated heterocycles. The summed E-state index contributed by atoms with van der Waals surface area (Å²) in [7, 11) is 3.05. The zero-order valence-electron chi connectivity index (χ0n) is 8.06. The molecule has 0 saturated carbocycles. The SMILES string of the molecule is C=C(O)c1cc(SSC)ccc1[NH+]([O-])O. The molecule has 0 bridgehead atoms. The van der Waals surface area contributed by atoms with Gasteiger partial charge in [0, 0.05) is 11.0 Å². The molecule has 0 aliphatic rings. The molecule has 1 aromatic rings. The Kier molecular flexibility index (Phi) is 4.49. The first-order valence-corrected chi connectivity index (χ1v) is 6.58. The Morgan fingerprint density at radius 3 is 2.67 bits per heavy atom. The Hall–Kier alpha value is -0.660. The third-order valence-electron chi connectivity index (χ3n) is 1.71. The summed E-state index contributed by atoms with van der Waals surface area (Å²) in [5, 5.41) is 27.9. The minimum Gasteiger partial charge on any atom is -0.595 e. The van der Waals surface area contributed by atoms with E-state index in [1.165, 1.54) is 16.9 Å². The Balaban J connectivity index is 3.15. The van der Waals surface area contributed by atoms with Gasteiger partial charge in [-0.1, -0.05) is 28.2 Å². The third kappa shape index (κ3) is 3.15. The van der Waals surface area contributed by atoms with Crippen LogP contribution in [0.1, 0.15) is 5.56 Å². The van der Waals surface area contributed by atoms with Crippen LogP contribution in [0, 0.1) is 5.21 Å². The first kappa shape index (κ1) is 12.4. The summed E-state index contributed by atoms with van der Waals surface area (Å²) in [4.78, 5) is 0.887. The standard InChI is InChI=1S/C9H11NO3S2/c1-6(11)8-5-7(15-14-2)3-4-9(8)10(12)13/h3-5,10-12H,1H2,2H3. The summed E-state index contributed by atoms with van der Waals surface area (Å²) in [6.07, 6.45) is 1.92. The number of hydrogen-bond donors (Lipinski definition) is 3. The molecule has 1 atom stereocenters. The summed E-state index contributed by atoms with van der Waals surface area (Å²) in [5.74, 6) is -0.226. The van der Waals surface area contributed by atoms with E-state index in [1.54, 1.807) is 22.9 Å². The molecule has 82 valence electrons. The number of hydrogen-bond acceptors (Lipinski definition) is 5. The van der Waals surface area contributed by atoms with Gasteiger partial charge < -0.3 is 10.3 Å². The maximum atomic E-state index is 10.8. The van der Waals surface area contributed by atoms with Crippen molar-refractivity contribution < 1.29 is 15.5 Å². The molecule has 0 aliphatic heterocycles. The van der Waals surface area contributed by atoms with E-state index >= 15 is 0 Å². The summed E-state index contributed by atoms with van der Waals surface area (Å²) in [6, 6.07) is 4.79. The Bertz CT molecular complexity index is 368. The maximum Gasteiger partial charge on any atom is 0.174 e. The van der Waals surface area contributed by atoms with Crippen LogP contribution in [0.15, 0.2) is 29.7 Å². The van der Waals surface area contributed by atoms with Gasteiger partial charge in [0.1, 0.15) is 5.76 Å². The molecular formula is C9H11NO3S2. The van der Waals surface area contributed by atoms with Crippen LogP contribution in [0.2, 0.25) is 0 Å². The zero-order chi connectivity index (χ0) is 11.4. The van der Waals surface area contributed by atoms with Crippen molar-refractivity contribution in [2.45, 2.75) is 4.90 Å². The van der Waals surface area contributed by atoms with E-state index in [1.807, 2.05) is 6.26 Å². The molecule has 1 aromatic carbocycles. The lowest BCUT2D eigenvalue weighted by Gasteiger charge is -2.15. The molecule has 0 radical (unpaired) electrons. The van der Waals surface area contributed by atoms with Crippen molar-refractivity contribution in [3.05, 3.63) is 35.5 Å². The van der Waals surface area contributed by atoms with Gasteiger partial charge in [-0.2, -0.15) is 5.23 Å². The van der Waals surface area contributed by atoms with Crippen molar-refractivity contribution in [1.29, 1.82) is 0 Å². The van der Waals surface area contributed by atoms with Crippen LogP contribution >= 0.6 is 21.6 Å². The average Bonchev–Trinajstić information content (AvgIpc) is 2.17. The molecule has 0 spiro atoms. The maximum absolute atomic E-state index is 10.8. The molecule has 6 heteroatoms. The van der Waals surface area contributed by atoms with E-state index in [9.17, 15) is 10.3 Å². The molecule has 1 unspecified atom stereocenters. The highest BCUT2D eigenvalue weighted by molar-refractivity contribution is 8.76. The monoisotopic (exact) mass is 245 g/mol. The highest BCUT2D eigenvalue weighted by Gasteiger charge is 2.12. The summed E-state index contributed by atoms with van der Waals surface area (Å²) >= 11 is 0. The fraction of sp³-hybridized carbons (Fsp3) is 0.111. The van der Waals surface area contributed by atoms with Crippen molar-refractivity contribution in [3.63, 3.8) is 0 Å². The Morgan fingerprint density at radius 2 is 2.20 bits per heavy atom. The number of nitrogens with one attached hydrogen (secondary N) is 1. The molecular weight excluding hydrogens is 234 g/mol. The first-order valence-electron chi connectivity index (χ1n) is 4.02. The minimum atomic E-state index is -1.07. The summed E-state index contributed by atoms with van der Waals surface area (Å²) in [6.45, 7) is 3.35. The lowest BCUT2D eigenvalue weighted by Crippen LogP contribution is -2.99. The van der Waals surface area contributed by atoms with Crippen LogP contribution < -0.4 is 5.23 Å². The number of aliphatic hydroxyl groups excluding tert-OH is 1. The highest BCUT2D eigenvalue weighted by Crippen LogP contribution is 2.31. The summed E-state index contributed by atoms with van der Waals surface area (Å²) < 4.78 is 0. The molecule has 0 aliphatic carbocycles. The second-order valence-corrected chi connectivity index (χ2v) is 5.18. The quantitative estimate of drug-likeness (QED) is 0.430. The molecule has 15 heavy (non-hydrogen) atoms. The topological polar surface area (TPSA) is 68.0 Å². The van der Waals surface area contributed by atoms with Gasteiger partial charge in [0.2, 0.25) is 0 Å². The average molecular weight is 245 g/mol. The Morgan fingerprint density at radius 1 is 1.53 bits per heavy atom. The van der Waals surface area contributed by atoms with Crippen molar-refractivity contribution >= 4 is 33.0 Å². The molecule has 1 rings (SSSR count). The van der Waals surface area contributed by atoms with Gasteiger partial charge in [0.25, 0.3) is 0 Å². The van der Waals surface area contributed by atoms with Crippen molar-refractivity contribution in [2.75, 3.05) is 6.26 Å². The minimum absolute atomic E-state index is 0.0629. The summed E-state index contributed by atoms with van der Waals surface area (Å²) in [5.41, 5.74) is 0.328. The fourth-order valence-corrected chi connectivity index (χ4v) is 2.47. The van der Waals surface area contributed by atoms with Crippen molar-refractivity contribution in [1.82, 2.24) is 0 Å². The second kappa shape index (κ2) is 5.43. The van der Waals surface area contributed by atoms with Crippen molar-refractivity contribution in [2.24, 2.45) is 0 Å². The van der Waals surface area contributed by atoms with Gasteiger partial charge in [-0.25, -0.2) is 5.21 Å². The van der Waals surface area contributed by atoms with E-state index in [-0.39, 0.29) is 17.0 Å². The predicted octanol–water partition coefficient (Wildman–Crippen LogP) is 1.99. The number of rotatable bonds is 4. The Labute approximate surface area is 95.5 Å². The van der Waals surface area contributed by atoms with Crippen molar-refractivity contribution in [3.8, 4) is 0 Å². The van der Waals surface area contributed by atoms with Crippen LogP contribution in [0.25, 0.3) is 5.76 Å². The van der Waals surface area contributed by atoms with Crippen LogP contribution in [0.5, 0.6) is 0 Å². The van der Waals surface area contributed by atoms with Gasteiger partial charge in [0.15, 0.2) is 5.69 Å². The van der Waals surface area contributed by atoms with Crippen LogP contribution in [0.3, 0.4) is 0 Å². The normalized spacial score (nSPS) is 12.5. The zero-order valence-corrected chi connectivity index (χ0v) is 9.69. The van der Waals surface area contributed by atoms with Gasteiger partial charge >= 0.3 is 0 Å². The molecule has 0 aromatic heterocycles. The lowest BCUT2D eigenvalue weighted by molar-refractivity contribution is -0.991. The van der Waals surface area contributed by atoms with Gasteiger partial charge in [-0.3, -0.25) is 0 Å².